The fraction of sp³-hybridized carbons (Fsp3) is 0.333. The predicted octanol–water partition coefficient (Wildman–Crippen LogP) is 3.19. The van der Waals surface area contributed by atoms with Gasteiger partial charge in [0.05, 0.1) is 0 Å². The van der Waals surface area contributed by atoms with Gasteiger partial charge < -0.3 is 5.32 Å². The van der Waals surface area contributed by atoms with E-state index in [9.17, 15) is 0 Å². The van der Waals surface area contributed by atoms with Crippen LogP contribution in [0.25, 0.3) is 0 Å². The number of rotatable bonds is 5. The van der Waals surface area contributed by atoms with Crippen molar-refractivity contribution < 1.29 is 0 Å². The molecule has 2 heterocycles. The molecular weight excluding hydrogens is 250 g/mol. The fourth-order valence-electron chi connectivity index (χ4n) is 1.31. The molecule has 0 amide bonds. The van der Waals surface area contributed by atoms with Crippen molar-refractivity contribution in [1.82, 2.24) is 15.3 Å². The Hall–Kier alpha value is -0.910. The van der Waals surface area contributed by atoms with Crippen LogP contribution in [0.5, 0.6) is 0 Å². The van der Waals surface area contributed by atoms with Crippen molar-refractivity contribution in [2.24, 2.45) is 0 Å². The van der Waals surface area contributed by atoms with Crippen molar-refractivity contribution in [2.45, 2.75) is 35.8 Å². The van der Waals surface area contributed by atoms with Gasteiger partial charge in [-0.15, -0.1) is 11.3 Å². The Bertz CT molecular complexity index is 455. The molecule has 0 spiro atoms. The highest BCUT2D eigenvalue weighted by atomic mass is 32.2. The highest BCUT2D eigenvalue weighted by Gasteiger charge is 2.07. The van der Waals surface area contributed by atoms with Gasteiger partial charge in [0.15, 0.2) is 4.34 Å². The lowest BCUT2D eigenvalue weighted by molar-refractivity contribution is 0.582. The van der Waals surface area contributed by atoms with Crippen LogP contribution in [0.4, 0.5) is 0 Å². The summed E-state index contributed by atoms with van der Waals surface area (Å²) in [5, 5.41) is 6.43. The van der Waals surface area contributed by atoms with E-state index in [-0.39, 0.29) is 0 Å². The third kappa shape index (κ3) is 3.80. The molecule has 1 N–H and O–H groups in total. The highest BCUT2D eigenvalue weighted by Crippen LogP contribution is 2.29. The molecule has 0 saturated carbocycles. The fourth-order valence-corrected chi connectivity index (χ4v) is 2.93. The first-order valence-corrected chi connectivity index (χ1v) is 7.20. The lowest BCUT2D eigenvalue weighted by Gasteiger charge is -2.10. The van der Waals surface area contributed by atoms with E-state index in [0.717, 1.165) is 15.9 Å². The third-order valence-electron chi connectivity index (χ3n) is 2.14. The summed E-state index contributed by atoms with van der Waals surface area (Å²) in [4.78, 5) is 8.69. The summed E-state index contributed by atoms with van der Waals surface area (Å²) in [6.45, 7) is 5.13. The molecule has 0 saturated heterocycles. The van der Waals surface area contributed by atoms with E-state index >= 15 is 0 Å². The van der Waals surface area contributed by atoms with Crippen molar-refractivity contribution in [3.05, 3.63) is 35.5 Å². The average Bonchev–Trinajstić information content (AvgIpc) is 2.80. The standard InChI is InChI=1S/C12H15N3S2/c1-9(2)15-8-10-4-3-5-13-11(10)17-12-14-6-7-16-12/h3-7,9,15H,8H2,1-2H3. The van der Waals surface area contributed by atoms with E-state index in [2.05, 4.69) is 35.2 Å². The van der Waals surface area contributed by atoms with E-state index < -0.39 is 0 Å². The molecule has 2 aromatic rings. The number of hydrogen-bond acceptors (Lipinski definition) is 5. The van der Waals surface area contributed by atoms with E-state index in [1.807, 2.05) is 23.8 Å². The molecule has 0 atom stereocenters. The van der Waals surface area contributed by atoms with Gasteiger partial charge in [0, 0.05) is 30.4 Å². The van der Waals surface area contributed by atoms with E-state index in [0.29, 0.717) is 6.04 Å². The molecule has 0 bridgehead atoms. The SMILES string of the molecule is CC(C)NCc1cccnc1Sc1nccs1. The second-order valence-corrected chi connectivity index (χ2v) is 6.03. The number of nitrogens with one attached hydrogen (secondary N) is 1. The number of thiazole rings is 1. The smallest absolute Gasteiger partial charge is 0.156 e. The number of nitrogens with zero attached hydrogens (tertiary/aromatic N) is 2. The number of hydrogen-bond donors (Lipinski definition) is 1. The minimum Gasteiger partial charge on any atom is -0.310 e. The van der Waals surface area contributed by atoms with Gasteiger partial charge in [-0.05, 0) is 23.4 Å². The molecule has 2 rings (SSSR count). The molecule has 17 heavy (non-hydrogen) atoms. The molecule has 0 fully saturated rings. The third-order valence-corrected chi connectivity index (χ3v) is 4.09. The Labute approximate surface area is 110 Å². The van der Waals surface area contributed by atoms with Crippen LogP contribution in [-0.2, 0) is 6.54 Å². The van der Waals surface area contributed by atoms with E-state index in [4.69, 9.17) is 0 Å². The normalized spacial score (nSPS) is 11.0. The summed E-state index contributed by atoms with van der Waals surface area (Å²) in [5.41, 5.74) is 1.22. The lowest BCUT2D eigenvalue weighted by Crippen LogP contribution is -2.22. The van der Waals surface area contributed by atoms with Crippen LogP contribution in [0.15, 0.2) is 39.3 Å². The minimum atomic E-state index is 0.480. The molecule has 0 aliphatic rings. The van der Waals surface area contributed by atoms with Crippen LogP contribution in [0, 0.1) is 0 Å². The summed E-state index contributed by atoms with van der Waals surface area (Å²) in [7, 11) is 0. The molecule has 5 heteroatoms. The van der Waals surface area contributed by atoms with Gasteiger partial charge >= 0.3 is 0 Å². The van der Waals surface area contributed by atoms with Gasteiger partial charge in [0.1, 0.15) is 5.03 Å². The Balaban J connectivity index is 2.10. The summed E-state index contributed by atoms with van der Waals surface area (Å²) in [6.07, 6.45) is 3.65. The average molecular weight is 265 g/mol. The monoisotopic (exact) mass is 265 g/mol. The molecule has 0 aliphatic heterocycles. The van der Waals surface area contributed by atoms with Gasteiger partial charge in [-0.25, -0.2) is 9.97 Å². The second kappa shape index (κ2) is 6.14. The van der Waals surface area contributed by atoms with Crippen LogP contribution in [0.2, 0.25) is 0 Å². The minimum absolute atomic E-state index is 0.480. The molecular formula is C12H15N3S2. The molecule has 90 valence electrons. The van der Waals surface area contributed by atoms with Crippen LogP contribution < -0.4 is 5.32 Å². The Morgan fingerprint density at radius 3 is 2.94 bits per heavy atom. The molecule has 0 aliphatic carbocycles. The Morgan fingerprint density at radius 1 is 1.35 bits per heavy atom. The van der Waals surface area contributed by atoms with Crippen molar-refractivity contribution >= 4 is 23.1 Å². The lowest BCUT2D eigenvalue weighted by atomic mass is 10.2. The van der Waals surface area contributed by atoms with Crippen LogP contribution >= 0.6 is 23.1 Å². The predicted molar refractivity (Wildman–Crippen MR) is 72.4 cm³/mol. The maximum Gasteiger partial charge on any atom is 0.156 e. The van der Waals surface area contributed by atoms with Crippen molar-refractivity contribution in [3.8, 4) is 0 Å². The first-order valence-electron chi connectivity index (χ1n) is 5.50. The summed E-state index contributed by atoms with van der Waals surface area (Å²) >= 11 is 3.27. The molecule has 3 nitrogen and oxygen atoms in total. The first kappa shape index (κ1) is 12.5. The molecule has 0 radical (unpaired) electrons. The largest absolute Gasteiger partial charge is 0.310 e. The maximum absolute atomic E-state index is 4.42. The molecule has 0 aromatic carbocycles. The van der Waals surface area contributed by atoms with Gasteiger partial charge in [-0.2, -0.15) is 0 Å². The van der Waals surface area contributed by atoms with Gasteiger partial charge in [-0.3, -0.25) is 0 Å². The molecule has 0 unspecified atom stereocenters. The van der Waals surface area contributed by atoms with Crippen molar-refractivity contribution in [3.63, 3.8) is 0 Å². The summed E-state index contributed by atoms with van der Waals surface area (Å²) in [5.74, 6) is 0. The number of pyridine rings is 1. The van der Waals surface area contributed by atoms with Crippen LogP contribution in [-0.4, -0.2) is 16.0 Å². The van der Waals surface area contributed by atoms with Gasteiger partial charge in [0.25, 0.3) is 0 Å². The van der Waals surface area contributed by atoms with E-state index in [1.165, 1.54) is 5.56 Å². The second-order valence-electron chi connectivity index (χ2n) is 3.90. The Kier molecular flexibility index (Phi) is 4.53. The highest BCUT2D eigenvalue weighted by molar-refractivity contribution is 8.01. The summed E-state index contributed by atoms with van der Waals surface area (Å²) in [6, 6.07) is 4.56. The van der Waals surface area contributed by atoms with Crippen molar-refractivity contribution in [2.75, 3.05) is 0 Å². The Morgan fingerprint density at radius 2 is 2.24 bits per heavy atom. The quantitative estimate of drug-likeness (QED) is 0.901. The van der Waals surface area contributed by atoms with Crippen LogP contribution in [0.3, 0.4) is 0 Å². The first-order chi connectivity index (χ1) is 8.25. The van der Waals surface area contributed by atoms with Crippen LogP contribution in [0.1, 0.15) is 19.4 Å². The maximum atomic E-state index is 4.42. The van der Waals surface area contributed by atoms with Crippen molar-refractivity contribution in [1.29, 1.82) is 0 Å². The van der Waals surface area contributed by atoms with Gasteiger partial charge in [-0.1, -0.05) is 19.9 Å². The zero-order valence-corrected chi connectivity index (χ0v) is 11.5. The topological polar surface area (TPSA) is 37.8 Å². The zero-order valence-electron chi connectivity index (χ0n) is 9.88. The zero-order chi connectivity index (χ0) is 12.1. The van der Waals surface area contributed by atoms with Gasteiger partial charge in [0.2, 0.25) is 0 Å². The molecule has 2 aromatic heterocycles. The number of aromatic nitrogens is 2. The summed E-state index contributed by atoms with van der Waals surface area (Å²) < 4.78 is 1.04. The van der Waals surface area contributed by atoms with E-state index in [1.54, 1.807) is 23.1 Å².